The monoisotopic (exact) mass is 253 g/mol. The van der Waals surface area contributed by atoms with Crippen LogP contribution >= 0.6 is 0 Å². The molecule has 5 heteroatoms. The highest BCUT2D eigenvalue weighted by molar-refractivity contribution is 5.61. The molecule has 4 N–H and O–H groups in total. The van der Waals surface area contributed by atoms with E-state index in [1.807, 2.05) is 0 Å². The van der Waals surface area contributed by atoms with E-state index in [4.69, 9.17) is 15.6 Å². The maximum Gasteiger partial charge on any atom is 0.215 e. The lowest BCUT2D eigenvalue weighted by Gasteiger charge is -2.25. The van der Waals surface area contributed by atoms with Crippen LogP contribution in [0.25, 0.3) is 0 Å². The van der Waals surface area contributed by atoms with E-state index < -0.39 is 0 Å². The number of nitrogens with one attached hydrogen (secondary N) is 1. The molecule has 0 aliphatic rings. The molecule has 5 nitrogen and oxygen atoms in total. The van der Waals surface area contributed by atoms with Crippen molar-refractivity contribution in [2.75, 3.05) is 31.3 Å². The Labute approximate surface area is 108 Å². The number of pyridine rings is 1. The minimum absolute atomic E-state index is 0.0833. The molecule has 1 aromatic heterocycles. The molecule has 0 amide bonds. The van der Waals surface area contributed by atoms with Gasteiger partial charge in [-0.15, -0.1) is 0 Å². The molecular weight excluding hydrogens is 230 g/mol. The number of aliphatic hydroxyl groups excluding tert-OH is 1. The van der Waals surface area contributed by atoms with Gasteiger partial charge in [0.05, 0.1) is 12.8 Å². The van der Waals surface area contributed by atoms with E-state index in [0.29, 0.717) is 17.4 Å². The first-order chi connectivity index (χ1) is 8.48. The predicted molar refractivity (Wildman–Crippen MR) is 73.8 cm³/mol. The number of rotatable bonds is 7. The van der Waals surface area contributed by atoms with Crippen molar-refractivity contribution in [3.05, 3.63) is 12.1 Å². The Bertz CT molecular complexity index is 380. The molecule has 0 aliphatic carbocycles. The van der Waals surface area contributed by atoms with E-state index in [1.54, 1.807) is 19.2 Å². The SMILES string of the molecule is COc1ccc(N)c(NCC(C)(C)CCCO)n1. The Morgan fingerprint density at radius 3 is 2.78 bits per heavy atom. The molecule has 0 fully saturated rings. The number of methoxy groups -OCH3 is 1. The first kappa shape index (κ1) is 14.6. The molecule has 102 valence electrons. The van der Waals surface area contributed by atoms with Gasteiger partial charge in [0.1, 0.15) is 0 Å². The fourth-order valence-electron chi connectivity index (χ4n) is 1.68. The fraction of sp³-hybridized carbons (Fsp3) is 0.615. The van der Waals surface area contributed by atoms with Crippen LogP contribution in [-0.2, 0) is 0 Å². The van der Waals surface area contributed by atoms with Gasteiger partial charge in [0, 0.05) is 19.2 Å². The second kappa shape index (κ2) is 6.44. The van der Waals surface area contributed by atoms with Gasteiger partial charge in [-0.3, -0.25) is 0 Å². The summed E-state index contributed by atoms with van der Waals surface area (Å²) in [5, 5.41) is 12.1. The average molecular weight is 253 g/mol. The molecule has 0 bridgehead atoms. The van der Waals surface area contributed by atoms with Gasteiger partial charge in [0.2, 0.25) is 5.88 Å². The Hall–Kier alpha value is -1.49. The van der Waals surface area contributed by atoms with Crippen LogP contribution in [0.3, 0.4) is 0 Å². The lowest BCUT2D eigenvalue weighted by atomic mass is 9.88. The molecule has 1 heterocycles. The van der Waals surface area contributed by atoms with Gasteiger partial charge in [0.25, 0.3) is 0 Å². The number of hydrogen-bond acceptors (Lipinski definition) is 5. The van der Waals surface area contributed by atoms with E-state index in [-0.39, 0.29) is 12.0 Å². The molecule has 0 atom stereocenters. The Kier molecular flexibility index (Phi) is 5.22. The zero-order chi connectivity index (χ0) is 13.6. The van der Waals surface area contributed by atoms with Crippen LogP contribution in [0.15, 0.2) is 12.1 Å². The van der Waals surface area contributed by atoms with Crippen LogP contribution in [0.2, 0.25) is 0 Å². The second-order valence-electron chi connectivity index (χ2n) is 5.14. The maximum atomic E-state index is 8.86. The topological polar surface area (TPSA) is 80.4 Å². The average Bonchev–Trinajstić information content (AvgIpc) is 2.35. The van der Waals surface area contributed by atoms with Crippen molar-refractivity contribution in [1.82, 2.24) is 4.98 Å². The van der Waals surface area contributed by atoms with E-state index in [2.05, 4.69) is 24.1 Å². The lowest BCUT2D eigenvalue weighted by molar-refractivity contribution is 0.248. The third-order valence-electron chi connectivity index (χ3n) is 2.86. The zero-order valence-electron chi connectivity index (χ0n) is 11.4. The summed E-state index contributed by atoms with van der Waals surface area (Å²) in [6.45, 7) is 5.26. The smallest absolute Gasteiger partial charge is 0.215 e. The summed E-state index contributed by atoms with van der Waals surface area (Å²) in [7, 11) is 1.58. The third kappa shape index (κ3) is 4.41. The second-order valence-corrected chi connectivity index (χ2v) is 5.14. The predicted octanol–water partition coefficient (Wildman–Crippen LogP) is 1.88. The zero-order valence-corrected chi connectivity index (χ0v) is 11.4. The summed E-state index contributed by atoms with van der Waals surface area (Å²) in [6.07, 6.45) is 1.75. The highest BCUT2D eigenvalue weighted by atomic mass is 16.5. The standard InChI is InChI=1S/C13H23N3O2/c1-13(2,7-4-8-17)9-15-12-10(14)5-6-11(16-12)18-3/h5-6,17H,4,7-9,14H2,1-3H3,(H,15,16). The van der Waals surface area contributed by atoms with Crippen LogP contribution in [-0.4, -0.2) is 30.4 Å². The summed E-state index contributed by atoms with van der Waals surface area (Å²) < 4.78 is 5.07. The third-order valence-corrected chi connectivity index (χ3v) is 2.86. The summed E-state index contributed by atoms with van der Waals surface area (Å²) >= 11 is 0. The molecule has 0 aliphatic heterocycles. The van der Waals surface area contributed by atoms with E-state index in [1.165, 1.54) is 0 Å². The Morgan fingerprint density at radius 1 is 1.44 bits per heavy atom. The maximum absolute atomic E-state index is 8.86. The number of nitrogen functional groups attached to an aromatic ring is 1. The van der Waals surface area contributed by atoms with Gasteiger partial charge in [-0.25, -0.2) is 0 Å². The number of nitrogens with zero attached hydrogens (tertiary/aromatic N) is 1. The fourth-order valence-corrected chi connectivity index (χ4v) is 1.68. The highest BCUT2D eigenvalue weighted by Gasteiger charge is 2.17. The summed E-state index contributed by atoms with van der Waals surface area (Å²) in [6, 6.07) is 3.51. The molecular formula is C13H23N3O2. The van der Waals surface area contributed by atoms with Crippen LogP contribution in [0.4, 0.5) is 11.5 Å². The van der Waals surface area contributed by atoms with Gasteiger partial charge in [-0.2, -0.15) is 4.98 Å². The van der Waals surface area contributed by atoms with E-state index in [9.17, 15) is 0 Å². The first-order valence-corrected chi connectivity index (χ1v) is 6.14. The largest absolute Gasteiger partial charge is 0.481 e. The molecule has 0 aromatic carbocycles. The van der Waals surface area contributed by atoms with Crippen molar-refractivity contribution in [1.29, 1.82) is 0 Å². The number of anilines is 2. The highest BCUT2D eigenvalue weighted by Crippen LogP contribution is 2.25. The van der Waals surface area contributed by atoms with Crippen LogP contribution < -0.4 is 15.8 Å². The molecule has 0 radical (unpaired) electrons. The summed E-state index contributed by atoms with van der Waals surface area (Å²) in [4.78, 5) is 4.27. The minimum Gasteiger partial charge on any atom is -0.481 e. The quantitative estimate of drug-likeness (QED) is 0.691. The molecule has 0 spiro atoms. The van der Waals surface area contributed by atoms with E-state index in [0.717, 1.165) is 19.4 Å². The number of hydrogen-bond donors (Lipinski definition) is 3. The molecule has 0 unspecified atom stereocenters. The van der Waals surface area contributed by atoms with E-state index >= 15 is 0 Å². The summed E-state index contributed by atoms with van der Waals surface area (Å²) in [5.41, 5.74) is 6.54. The van der Waals surface area contributed by atoms with Crippen LogP contribution in [0.5, 0.6) is 5.88 Å². The Morgan fingerprint density at radius 2 is 2.17 bits per heavy atom. The minimum atomic E-state index is 0.0833. The molecule has 0 saturated heterocycles. The lowest BCUT2D eigenvalue weighted by Crippen LogP contribution is -2.24. The molecule has 18 heavy (non-hydrogen) atoms. The summed E-state index contributed by atoms with van der Waals surface area (Å²) in [5.74, 6) is 1.19. The van der Waals surface area contributed by atoms with Crippen molar-refractivity contribution in [3.63, 3.8) is 0 Å². The van der Waals surface area contributed by atoms with Gasteiger partial charge < -0.3 is 20.9 Å². The van der Waals surface area contributed by atoms with Gasteiger partial charge in [0.15, 0.2) is 5.82 Å². The first-order valence-electron chi connectivity index (χ1n) is 6.14. The van der Waals surface area contributed by atoms with Crippen molar-refractivity contribution in [3.8, 4) is 5.88 Å². The van der Waals surface area contributed by atoms with Gasteiger partial charge >= 0.3 is 0 Å². The normalized spacial score (nSPS) is 11.3. The van der Waals surface area contributed by atoms with Gasteiger partial charge in [-0.05, 0) is 24.3 Å². The van der Waals surface area contributed by atoms with Crippen LogP contribution in [0, 0.1) is 5.41 Å². The van der Waals surface area contributed by atoms with Crippen molar-refractivity contribution < 1.29 is 9.84 Å². The van der Waals surface area contributed by atoms with Crippen molar-refractivity contribution in [2.24, 2.45) is 5.41 Å². The molecule has 1 aromatic rings. The number of ether oxygens (including phenoxy) is 1. The van der Waals surface area contributed by atoms with Crippen LogP contribution in [0.1, 0.15) is 26.7 Å². The number of nitrogens with two attached hydrogens (primary N) is 1. The Balaban J connectivity index is 2.62. The molecule has 1 rings (SSSR count). The van der Waals surface area contributed by atoms with Crippen molar-refractivity contribution in [2.45, 2.75) is 26.7 Å². The van der Waals surface area contributed by atoms with Gasteiger partial charge in [-0.1, -0.05) is 13.8 Å². The number of aliphatic hydroxyl groups is 1. The molecule has 0 saturated carbocycles. The number of aromatic nitrogens is 1. The van der Waals surface area contributed by atoms with Crippen molar-refractivity contribution >= 4 is 11.5 Å².